The highest BCUT2D eigenvalue weighted by molar-refractivity contribution is 8.14. The van der Waals surface area contributed by atoms with Gasteiger partial charge in [-0.2, -0.15) is 13.2 Å². The zero-order valence-corrected chi connectivity index (χ0v) is 20.3. The summed E-state index contributed by atoms with van der Waals surface area (Å²) >= 11 is 1.54. The van der Waals surface area contributed by atoms with Crippen LogP contribution in [0.4, 0.5) is 13.2 Å². The molecule has 1 aliphatic carbocycles. The van der Waals surface area contributed by atoms with E-state index in [0.717, 1.165) is 37.1 Å². The second kappa shape index (κ2) is 10.8. The van der Waals surface area contributed by atoms with Gasteiger partial charge < -0.3 is 10.5 Å². The molecular formula is C25H37F3N2OS. The molecule has 0 amide bonds. The van der Waals surface area contributed by atoms with Gasteiger partial charge in [-0.1, -0.05) is 70.7 Å². The van der Waals surface area contributed by atoms with E-state index in [1.165, 1.54) is 43.2 Å². The lowest BCUT2D eigenvalue weighted by molar-refractivity contribution is -0.139. The van der Waals surface area contributed by atoms with E-state index in [-0.39, 0.29) is 11.0 Å². The van der Waals surface area contributed by atoms with Crippen molar-refractivity contribution in [2.24, 2.45) is 22.6 Å². The van der Waals surface area contributed by atoms with E-state index >= 15 is 0 Å². The maximum absolute atomic E-state index is 13.8. The normalized spacial score (nSPS) is 28.2. The first-order chi connectivity index (χ1) is 15.1. The Bertz CT molecular complexity index is 798. The van der Waals surface area contributed by atoms with Crippen molar-refractivity contribution < 1.29 is 17.9 Å². The van der Waals surface area contributed by atoms with E-state index < -0.39 is 17.3 Å². The fourth-order valence-electron chi connectivity index (χ4n) is 4.94. The molecule has 1 aromatic carbocycles. The number of rotatable bonds is 10. The van der Waals surface area contributed by atoms with Crippen LogP contribution in [0, 0.1) is 11.8 Å². The molecule has 1 heterocycles. The minimum atomic E-state index is -4.45. The summed E-state index contributed by atoms with van der Waals surface area (Å²) in [6, 6.07) is 4.48. The lowest BCUT2D eigenvalue weighted by atomic mass is 9.90. The lowest BCUT2D eigenvalue weighted by Crippen LogP contribution is -2.48. The largest absolute Gasteiger partial charge is 0.493 e. The summed E-state index contributed by atoms with van der Waals surface area (Å²) in [6.45, 7) is 7.28. The molecule has 0 radical (unpaired) electrons. The zero-order valence-electron chi connectivity index (χ0n) is 19.5. The standard InChI is InChI=1S/C25H37F3N2OS/c1-4-5-6-7-8-9-12-31-21-11-10-19(14-20(21)25(26,27)28)22-16-30-23(32-22)24(29)15-17(2)13-18(24)3/h10-11,14,17-18,22H,4-9,12-13,15-16,29H2,1-3H3/t17?,18?,22?,24-/m0/s1. The van der Waals surface area contributed by atoms with E-state index in [1.54, 1.807) is 6.07 Å². The fourth-order valence-corrected chi connectivity index (χ4v) is 6.29. The number of nitrogens with zero attached hydrogens (tertiary/aromatic N) is 1. The van der Waals surface area contributed by atoms with Gasteiger partial charge in [-0.05, 0) is 48.8 Å². The molecular weight excluding hydrogens is 433 g/mol. The molecule has 1 aromatic rings. The van der Waals surface area contributed by atoms with E-state index in [4.69, 9.17) is 10.5 Å². The molecule has 180 valence electrons. The van der Waals surface area contributed by atoms with Crippen molar-refractivity contribution in [2.45, 2.75) is 89.1 Å². The van der Waals surface area contributed by atoms with E-state index in [2.05, 4.69) is 25.8 Å². The van der Waals surface area contributed by atoms with Crippen LogP contribution < -0.4 is 10.5 Å². The summed E-state index contributed by atoms with van der Waals surface area (Å²) < 4.78 is 46.9. The number of hydrogen-bond acceptors (Lipinski definition) is 4. The van der Waals surface area contributed by atoms with Gasteiger partial charge >= 0.3 is 6.18 Å². The predicted molar refractivity (Wildman–Crippen MR) is 127 cm³/mol. The molecule has 1 fully saturated rings. The third-order valence-corrected chi connectivity index (χ3v) is 8.25. The first-order valence-electron chi connectivity index (χ1n) is 12.0. The van der Waals surface area contributed by atoms with Crippen LogP contribution >= 0.6 is 11.8 Å². The van der Waals surface area contributed by atoms with Crippen LogP contribution in [0.5, 0.6) is 5.75 Å². The monoisotopic (exact) mass is 470 g/mol. The van der Waals surface area contributed by atoms with Crippen molar-refractivity contribution in [3.8, 4) is 5.75 Å². The number of nitrogens with two attached hydrogens (primary N) is 1. The number of unbranched alkanes of at least 4 members (excludes halogenated alkanes) is 5. The highest BCUT2D eigenvalue weighted by Crippen LogP contribution is 2.48. The number of aliphatic imine (C=N–C) groups is 1. The molecule has 4 atom stereocenters. The molecule has 0 saturated heterocycles. The van der Waals surface area contributed by atoms with Crippen molar-refractivity contribution in [3.63, 3.8) is 0 Å². The molecule has 2 aliphatic rings. The topological polar surface area (TPSA) is 47.6 Å². The molecule has 1 saturated carbocycles. The first-order valence-corrected chi connectivity index (χ1v) is 12.9. The van der Waals surface area contributed by atoms with Crippen molar-refractivity contribution in [1.29, 1.82) is 0 Å². The molecule has 3 nitrogen and oxygen atoms in total. The lowest BCUT2D eigenvalue weighted by Gasteiger charge is -2.29. The Hall–Kier alpha value is -1.21. The first kappa shape index (κ1) is 25.4. The van der Waals surface area contributed by atoms with Crippen LogP contribution in [0.15, 0.2) is 23.2 Å². The smallest absolute Gasteiger partial charge is 0.419 e. The molecule has 32 heavy (non-hydrogen) atoms. The van der Waals surface area contributed by atoms with Gasteiger partial charge in [-0.15, -0.1) is 0 Å². The molecule has 2 N–H and O–H groups in total. The zero-order chi connectivity index (χ0) is 23.4. The minimum absolute atomic E-state index is 0.0764. The van der Waals surface area contributed by atoms with Crippen LogP contribution in [-0.2, 0) is 6.18 Å². The van der Waals surface area contributed by atoms with Crippen LogP contribution in [-0.4, -0.2) is 23.7 Å². The van der Waals surface area contributed by atoms with E-state index in [1.807, 2.05) is 0 Å². The Labute approximate surface area is 194 Å². The Balaban J connectivity index is 1.64. The van der Waals surface area contributed by atoms with Gasteiger partial charge in [0.05, 0.1) is 34.5 Å². The van der Waals surface area contributed by atoms with Gasteiger partial charge in [-0.3, -0.25) is 4.99 Å². The Kier molecular flexibility index (Phi) is 8.59. The van der Waals surface area contributed by atoms with E-state index in [0.29, 0.717) is 30.6 Å². The van der Waals surface area contributed by atoms with Crippen LogP contribution in [0.2, 0.25) is 0 Å². The number of alkyl halides is 3. The molecule has 3 rings (SSSR count). The van der Waals surface area contributed by atoms with Gasteiger partial charge in [0.1, 0.15) is 5.75 Å². The number of ether oxygens (including phenoxy) is 1. The molecule has 0 spiro atoms. The van der Waals surface area contributed by atoms with Crippen molar-refractivity contribution in [1.82, 2.24) is 0 Å². The molecule has 0 aromatic heterocycles. The fraction of sp³-hybridized carbons (Fsp3) is 0.720. The van der Waals surface area contributed by atoms with Crippen LogP contribution in [0.25, 0.3) is 0 Å². The van der Waals surface area contributed by atoms with Crippen molar-refractivity contribution >= 4 is 16.8 Å². The number of hydrogen-bond donors (Lipinski definition) is 1. The second-order valence-electron chi connectivity index (χ2n) is 9.61. The summed E-state index contributed by atoms with van der Waals surface area (Å²) in [4.78, 5) is 4.68. The number of benzene rings is 1. The SMILES string of the molecule is CCCCCCCCOc1ccc(C2CN=C([C@]3(N)CC(C)CC3C)S2)cc1C(F)(F)F. The third kappa shape index (κ3) is 6.02. The Morgan fingerprint density at radius 2 is 1.88 bits per heavy atom. The summed E-state index contributed by atoms with van der Waals surface area (Å²) in [5.41, 5.74) is 6.20. The van der Waals surface area contributed by atoms with Gasteiger partial charge in [0.15, 0.2) is 0 Å². The highest BCUT2D eigenvalue weighted by atomic mass is 32.2. The van der Waals surface area contributed by atoms with Gasteiger partial charge in [0, 0.05) is 0 Å². The molecule has 3 unspecified atom stereocenters. The van der Waals surface area contributed by atoms with Crippen LogP contribution in [0.1, 0.15) is 88.5 Å². The van der Waals surface area contributed by atoms with Crippen molar-refractivity contribution in [2.75, 3.05) is 13.2 Å². The maximum Gasteiger partial charge on any atom is 0.419 e. The van der Waals surface area contributed by atoms with Crippen molar-refractivity contribution in [3.05, 3.63) is 29.3 Å². The van der Waals surface area contributed by atoms with Gasteiger partial charge in [0.2, 0.25) is 0 Å². The summed E-state index contributed by atoms with van der Waals surface area (Å²) in [6.07, 6.45) is 3.89. The van der Waals surface area contributed by atoms with Gasteiger partial charge in [0.25, 0.3) is 0 Å². The summed E-state index contributed by atoms with van der Waals surface area (Å²) in [5.74, 6) is 0.788. The van der Waals surface area contributed by atoms with Crippen LogP contribution in [0.3, 0.4) is 0 Å². The molecule has 7 heteroatoms. The minimum Gasteiger partial charge on any atom is -0.493 e. The molecule has 0 bridgehead atoms. The Morgan fingerprint density at radius 3 is 2.53 bits per heavy atom. The molecule has 1 aliphatic heterocycles. The summed E-state index contributed by atoms with van der Waals surface area (Å²) in [5, 5.41) is 0.763. The third-order valence-electron chi connectivity index (χ3n) is 6.81. The number of halogens is 3. The second-order valence-corrected chi connectivity index (χ2v) is 10.8. The number of thioether (sulfide) groups is 1. The quantitative estimate of drug-likeness (QED) is 0.363. The average molecular weight is 471 g/mol. The Morgan fingerprint density at radius 1 is 1.16 bits per heavy atom. The van der Waals surface area contributed by atoms with Gasteiger partial charge in [-0.25, -0.2) is 0 Å². The summed E-state index contributed by atoms with van der Waals surface area (Å²) in [7, 11) is 0. The predicted octanol–water partition coefficient (Wildman–Crippen LogP) is 7.39. The highest BCUT2D eigenvalue weighted by Gasteiger charge is 2.46. The average Bonchev–Trinajstić information content (AvgIpc) is 3.32. The van der Waals surface area contributed by atoms with E-state index in [9.17, 15) is 13.2 Å². The maximum atomic E-state index is 13.8.